The number of aryl methyl sites for hydroxylation is 1. The molecule has 1 amide bonds. The van der Waals surface area contributed by atoms with Crippen molar-refractivity contribution in [1.29, 1.82) is 0 Å². The minimum Gasteiger partial charge on any atom is -0.497 e. The maximum absolute atomic E-state index is 12.4. The van der Waals surface area contributed by atoms with E-state index in [0.29, 0.717) is 18.2 Å². The summed E-state index contributed by atoms with van der Waals surface area (Å²) in [5.41, 5.74) is 2.11. The summed E-state index contributed by atoms with van der Waals surface area (Å²) >= 11 is 0. The van der Waals surface area contributed by atoms with Crippen LogP contribution in [-0.4, -0.2) is 55.1 Å². The Morgan fingerprint density at radius 1 is 1.19 bits per heavy atom. The number of rotatable bonds is 9. The molecule has 2 aromatic rings. The predicted octanol–water partition coefficient (Wildman–Crippen LogP) is 2.09. The number of anilines is 1. The first-order valence-corrected chi connectivity index (χ1v) is 8.63. The van der Waals surface area contributed by atoms with Crippen molar-refractivity contribution in [3.8, 4) is 5.75 Å². The molecular weight excluding hydrogens is 330 g/mol. The normalized spacial score (nSPS) is 10.7. The van der Waals surface area contributed by atoms with Gasteiger partial charge in [0.2, 0.25) is 5.95 Å². The van der Waals surface area contributed by atoms with E-state index in [1.807, 2.05) is 45.3 Å². The van der Waals surface area contributed by atoms with Gasteiger partial charge in [-0.3, -0.25) is 4.79 Å². The van der Waals surface area contributed by atoms with Crippen molar-refractivity contribution in [3.63, 3.8) is 0 Å². The molecule has 26 heavy (non-hydrogen) atoms. The van der Waals surface area contributed by atoms with Crippen LogP contribution in [0.2, 0.25) is 0 Å². The monoisotopic (exact) mass is 357 g/mol. The molecule has 140 valence electrons. The van der Waals surface area contributed by atoms with Crippen molar-refractivity contribution in [2.75, 3.05) is 39.6 Å². The Morgan fingerprint density at radius 3 is 2.58 bits per heavy atom. The molecule has 0 saturated carbocycles. The Morgan fingerprint density at radius 2 is 1.92 bits per heavy atom. The lowest BCUT2D eigenvalue weighted by Crippen LogP contribution is -2.25. The molecule has 1 aromatic carbocycles. The Balaban J connectivity index is 1.92. The first-order chi connectivity index (χ1) is 12.5. The molecule has 0 unspecified atom stereocenters. The lowest BCUT2D eigenvalue weighted by molar-refractivity contribution is 0.0945. The van der Waals surface area contributed by atoms with Crippen molar-refractivity contribution >= 4 is 11.9 Å². The van der Waals surface area contributed by atoms with Crippen LogP contribution in [0.15, 0.2) is 30.3 Å². The highest BCUT2D eigenvalue weighted by Gasteiger charge is 2.10. The summed E-state index contributed by atoms with van der Waals surface area (Å²) in [6.07, 6.45) is 0.975. The lowest BCUT2D eigenvalue weighted by Gasteiger charge is -2.11. The van der Waals surface area contributed by atoms with Crippen molar-refractivity contribution in [3.05, 3.63) is 47.3 Å². The zero-order valence-electron chi connectivity index (χ0n) is 15.9. The van der Waals surface area contributed by atoms with Crippen LogP contribution in [-0.2, 0) is 6.54 Å². The van der Waals surface area contributed by atoms with Gasteiger partial charge in [-0.2, -0.15) is 0 Å². The van der Waals surface area contributed by atoms with Gasteiger partial charge in [0.05, 0.1) is 7.11 Å². The molecule has 0 spiro atoms. The molecule has 1 aromatic heterocycles. The molecule has 0 atom stereocenters. The summed E-state index contributed by atoms with van der Waals surface area (Å²) in [6.45, 7) is 4.02. The van der Waals surface area contributed by atoms with Crippen molar-refractivity contribution < 1.29 is 9.53 Å². The third-order valence-corrected chi connectivity index (χ3v) is 3.76. The fourth-order valence-electron chi connectivity index (χ4n) is 2.38. The second kappa shape index (κ2) is 9.72. The van der Waals surface area contributed by atoms with E-state index in [1.165, 1.54) is 0 Å². The highest BCUT2D eigenvalue weighted by molar-refractivity contribution is 5.92. The Bertz CT molecular complexity index is 716. The fourth-order valence-corrected chi connectivity index (χ4v) is 2.38. The number of aromatic nitrogens is 2. The average Bonchev–Trinajstić information content (AvgIpc) is 2.63. The van der Waals surface area contributed by atoms with E-state index in [4.69, 9.17) is 4.74 Å². The van der Waals surface area contributed by atoms with E-state index in [1.54, 1.807) is 13.2 Å². The summed E-state index contributed by atoms with van der Waals surface area (Å²) in [5, 5.41) is 6.06. The van der Waals surface area contributed by atoms with Gasteiger partial charge in [0.1, 0.15) is 11.4 Å². The number of hydrogen-bond donors (Lipinski definition) is 2. The van der Waals surface area contributed by atoms with Crippen LogP contribution in [0.25, 0.3) is 0 Å². The first kappa shape index (κ1) is 19.7. The van der Waals surface area contributed by atoms with E-state index in [0.717, 1.165) is 36.5 Å². The summed E-state index contributed by atoms with van der Waals surface area (Å²) in [6, 6.07) is 9.26. The zero-order valence-corrected chi connectivity index (χ0v) is 15.9. The standard InChI is InChI=1S/C19H27N5O2/c1-14-12-17(23-19(22-14)20-10-5-11-24(2)3)18(25)21-13-15-6-8-16(26-4)9-7-15/h6-9,12H,5,10-11,13H2,1-4H3,(H,21,25)(H,20,22,23). The van der Waals surface area contributed by atoms with Gasteiger partial charge in [0, 0.05) is 18.8 Å². The van der Waals surface area contributed by atoms with Crippen LogP contribution >= 0.6 is 0 Å². The molecule has 0 fully saturated rings. The number of carbonyl (C=O) groups is 1. The van der Waals surface area contributed by atoms with Gasteiger partial charge in [-0.15, -0.1) is 0 Å². The van der Waals surface area contributed by atoms with Crippen LogP contribution in [0.1, 0.15) is 28.2 Å². The number of methoxy groups -OCH3 is 1. The van der Waals surface area contributed by atoms with Crippen LogP contribution in [0, 0.1) is 6.92 Å². The van der Waals surface area contributed by atoms with Crippen LogP contribution in [0.5, 0.6) is 5.75 Å². The van der Waals surface area contributed by atoms with Gasteiger partial charge in [0.15, 0.2) is 0 Å². The molecule has 7 heteroatoms. The number of carbonyl (C=O) groups excluding carboxylic acids is 1. The smallest absolute Gasteiger partial charge is 0.270 e. The van der Waals surface area contributed by atoms with Crippen molar-refractivity contribution in [2.24, 2.45) is 0 Å². The number of amides is 1. The third-order valence-electron chi connectivity index (χ3n) is 3.76. The lowest BCUT2D eigenvalue weighted by atomic mass is 10.2. The molecule has 0 aliphatic carbocycles. The second-order valence-corrected chi connectivity index (χ2v) is 6.33. The summed E-state index contributed by atoms with van der Waals surface area (Å²) < 4.78 is 5.13. The minimum absolute atomic E-state index is 0.220. The predicted molar refractivity (Wildman–Crippen MR) is 103 cm³/mol. The van der Waals surface area contributed by atoms with Crippen molar-refractivity contribution in [1.82, 2.24) is 20.2 Å². The topological polar surface area (TPSA) is 79.4 Å². The molecule has 0 aliphatic rings. The Labute approximate surface area is 154 Å². The van der Waals surface area contributed by atoms with Gasteiger partial charge in [-0.25, -0.2) is 9.97 Å². The number of nitrogens with one attached hydrogen (secondary N) is 2. The van der Waals surface area contributed by atoms with Crippen LogP contribution in [0.3, 0.4) is 0 Å². The summed E-state index contributed by atoms with van der Waals surface area (Å²) in [4.78, 5) is 23.2. The number of benzene rings is 1. The van der Waals surface area contributed by atoms with Crippen LogP contribution < -0.4 is 15.4 Å². The number of hydrogen-bond acceptors (Lipinski definition) is 6. The molecule has 0 saturated heterocycles. The van der Waals surface area contributed by atoms with Gasteiger partial charge in [-0.05, 0) is 57.7 Å². The quantitative estimate of drug-likeness (QED) is 0.669. The maximum atomic E-state index is 12.4. The summed E-state index contributed by atoms with van der Waals surface area (Å²) in [7, 11) is 5.70. The van der Waals surface area contributed by atoms with Gasteiger partial charge in [-0.1, -0.05) is 12.1 Å². The van der Waals surface area contributed by atoms with E-state index >= 15 is 0 Å². The maximum Gasteiger partial charge on any atom is 0.270 e. The van der Waals surface area contributed by atoms with E-state index < -0.39 is 0 Å². The highest BCUT2D eigenvalue weighted by Crippen LogP contribution is 2.11. The molecule has 0 radical (unpaired) electrons. The van der Waals surface area contributed by atoms with E-state index in [2.05, 4.69) is 25.5 Å². The molecule has 2 N–H and O–H groups in total. The molecular formula is C19H27N5O2. The number of ether oxygens (including phenoxy) is 1. The van der Waals surface area contributed by atoms with E-state index in [-0.39, 0.29) is 5.91 Å². The first-order valence-electron chi connectivity index (χ1n) is 8.63. The molecule has 7 nitrogen and oxygen atoms in total. The van der Waals surface area contributed by atoms with Crippen LogP contribution in [0.4, 0.5) is 5.95 Å². The molecule has 1 heterocycles. The average molecular weight is 357 g/mol. The molecule has 0 aliphatic heterocycles. The number of nitrogens with zero attached hydrogens (tertiary/aromatic N) is 3. The van der Waals surface area contributed by atoms with Gasteiger partial charge < -0.3 is 20.3 Å². The molecule has 2 rings (SSSR count). The van der Waals surface area contributed by atoms with Gasteiger partial charge in [0.25, 0.3) is 5.91 Å². The highest BCUT2D eigenvalue weighted by atomic mass is 16.5. The Kier molecular flexibility index (Phi) is 7.35. The molecule has 0 bridgehead atoms. The van der Waals surface area contributed by atoms with E-state index in [9.17, 15) is 4.79 Å². The zero-order chi connectivity index (χ0) is 18.9. The SMILES string of the molecule is COc1ccc(CNC(=O)c2cc(C)nc(NCCCN(C)C)n2)cc1. The largest absolute Gasteiger partial charge is 0.497 e. The Hall–Kier alpha value is -2.67. The minimum atomic E-state index is -0.220. The second-order valence-electron chi connectivity index (χ2n) is 6.33. The summed E-state index contributed by atoms with van der Waals surface area (Å²) in [5.74, 6) is 1.05. The third kappa shape index (κ3) is 6.33. The van der Waals surface area contributed by atoms with Crippen molar-refractivity contribution in [2.45, 2.75) is 19.9 Å². The fraction of sp³-hybridized carbons (Fsp3) is 0.421. The van der Waals surface area contributed by atoms with Gasteiger partial charge >= 0.3 is 0 Å².